The van der Waals surface area contributed by atoms with Crippen molar-refractivity contribution >= 4 is 11.9 Å². The Bertz CT molecular complexity index is 265. The number of hydrogen-bond donors (Lipinski definition) is 3. The number of carbonyl (C=O) groups is 2. The van der Waals surface area contributed by atoms with Crippen molar-refractivity contribution in [1.82, 2.24) is 5.32 Å². The number of nitrogens with one attached hydrogen (secondary N) is 1. The van der Waals surface area contributed by atoms with E-state index in [9.17, 15) is 9.59 Å². The van der Waals surface area contributed by atoms with Crippen molar-refractivity contribution in [3.8, 4) is 0 Å². The van der Waals surface area contributed by atoms with Crippen molar-refractivity contribution in [1.29, 1.82) is 0 Å². The zero-order valence-corrected chi connectivity index (χ0v) is 11.3. The summed E-state index contributed by atoms with van der Waals surface area (Å²) in [7, 11) is 1.42. The third kappa shape index (κ3) is 7.24. The zero-order chi connectivity index (χ0) is 14.1. The molecule has 18 heavy (non-hydrogen) atoms. The van der Waals surface area contributed by atoms with Gasteiger partial charge in [-0.05, 0) is 18.3 Å². The van der Waals surface area contributed by atoms with Crippen LogP contribution in [0, 0.1) is 11.8 Å². The minimum Gasteiger partial charge on any atom is -0.481 e. The molecule has 0 fully saturated rings. The van der Waals surface area contributed by atoms with Gasteiger partial charge in [-0.1, -0.05) is 13.8 Å². The van der Waals surface area contributed by atoms with Gasteiger partial charge in [0.1, 0.15) is 6.10 Å². The minimum atomic E-state index is -0.850. The van der Waals surface area contributed by atoms with Crippen LogP contribution in [-0.4, -0.2) is 43.3 Å². The molecular formula is C12H24N2O4. The monoisotopic (exact) mass is 260 g/mol. The fourth-order valence-corrected chi connectivity index (χ4v) is 1.82. The Morgan fingerprint density at radius 1 is 1.39 bits per heavy atom. The molecule has 106 valence electrons. The average molecular weight is 260 g/mol. The van der Waals surface area contributed by atoms with Crippen LogP contribution in [0.5, 0.6) is 0 Å². The number of carbonyl (C=O) groups excluding carboxylic acids is 1. The summed E-state index contributed by atoms with van der Waals surface area (Å²) in [5.74, 6) is -0.822. The van der Waals surface area contributed by atoms with Gasteiger partial charge in [0.15, 0.2) is 0 Å². The van der Waals surface area contributed by atoms with Crippen LogP contribution in [0.1, 0.15) is 26.7 Å². The molecule has 0 bridgehead atoms. The minimum absolute atomic E-state index is 0.0543. The molecule has 6 heteroatoms. The fraction of sp³-hybridized carbons (Fsp3) is 0.833. The van der Waals surface area contributed by atoms with Crippen LogP contribution in [0.15, 0.2) is 0 Å². The van der Waals surface area contributed by atoms with Crippen LogP contribution in [-0.2, 0) is 14.3 Å². The second-order valence-electron chi connectivity index (χ2n) is 4.80. The molecule has 0 aromatic carbocycles. The number of amides is 1. The van der Waals surface area contributed by atoms with Crippen molar-refractivity contribution in [2.24, 2.45) is 17.6 Å². The molecule has 0 aliphatic rings. The molecule has 1 unspecified atom stereocenters. The normalized spacial score (nSPS) is 14.3. The maximum absolute atomic E-state index is 11.6. The van der Waals surface area contributed by atoms with Gasteiger partial charge in [0.2, 0.25) is 5.91 Å². The largest absolute Gasteiger partial charge is 0.481 e. The maximum atomic E-state index is 11.6. The maximum Gasteiger partial charge on any atom is 0.303 e. The van der Waals surface area contributed by atoms with E-state index in [0.29, 0.717) is 12.5 Å². The van der Waals surface area contributed by atoms with E-state index in [2.05, 4.69) is 5.32 Å². The molecule has 4 N–H and O–H groups in total. The van der Waals surface area contributed by atoms with Crippen LogP contribution in [0.25, 0.3) is 0 Å². The summed E-state index contributed by atoms with van der Waals surface area (Å²) in [5, 5.41) is 11.5. The lowest BCUT2D eigenvalue weighted by atomic mass is 9.94. The number of carboxylic acid groups (broad SMARTS) is 1. The summed E-state index contributed by atoms with van der Waals surface area (Å²) < 4.78 is 4.90. The van der Waals surface area contributed by atoms with E-state index in [-0.39, 0.29) is 24.8 Å². The molecule has 0 aliphatic heterocycles. The molecule has 1 amide bonds. The summed E-state index contributed by atoms with van der Waals surface area (Å²) in [6.07, 6.45) is 0.139. The predicted molar refractivity (Wildman–Crippen MR) is 68.1 cm³/mol. The van der Waals surface area contributed by atoms with E-state index in [1.54, 1.807) is 0 Å². The Labute approximate surface area is 108 Å². The van der Waals surface area contributed by atoms with Crippen LogP contribution in [0.2, 0.25) is 0 Å². The first-order chi connectivity index (χ1) is 8.40. The van der Waals surface area contributed by atoms with E-state index in [1.165, 1.54) is 7.11 Å². The summed E-state index contributed by atoms with van der Waals surface area (Å²) in [5.41, 5.74) is 5.37. The highest BCUT2D eigenvalue weighted by molar-refractivity contribution is 5.81. The molecule has 2 atom stereocenters. The van der Waals surface area contributed by atoms with Gasteiger partial charge >= 0.3 is 5.97 Å². The second-order valence-corrected chi connectivity index (χ2v) is 4.80. The standard InChI is InChI=1S/C12H24N2O4/c1-8(2)4-9(5-11(15)16)7-14-12(17)10(6-13)18-3/h8-10H,4-7,13H2,1-3H3,(H,14,17)(H,15,16)/t9-,10?/m0/s1. The summed E-state index contributed by atoms with van der Waals surface area (Å²) in [6.45, 7) is 4.49. The number of nitrogens with two attached hydrogens (primary N) is 1. The van der Waals surface area contributed by atoms with Gasteiger partial charge in [-0.25, -0.2) is 0 Å². The summed E-state index contributed by atoms with van der Waals surface area (Å²) >= 11 is 0. The van der Waals surface area contributed by atoms with Gasteiger partial charge in [0.05, 0.1) is 0 Å². The molecule has 0 aromatic rings. The Morgan fingerprint density at radius 3 is 2.39 bits per heavy atom. The highest BCUT2D eigenvalue weighted by atomic mass is 16.5. The second kappa shape index (κ2) is 8.88. The van der Waals surface area contributed by atoms with E-state index in [1.807, 2.05) is 13.8 Å². The molecule has 6 nitrogen and oxygen atoms in total. The van der Waals surface area contributed by atoms with Crippen molar-refractivity contribution in [3.63, 3.8) is 0 Å². The summed E-state index contributed by atoms with van der Waals surface area (Å²) in [4.78, 5) is 22.3. The van der Waals surface area contributed by atoms with E-state index in [4.69, 9.17) is 15.6 Å². The number of aliphatic carboxylic acids is 1. The van der Waals surface area contributed by atoms with Crippen LogP contribution in [0.3, 0.4) is 0 Å². The first kappa shape index (κ1) is 16.9. The van der Waals surface area contributed by atoms with Crippen molar-refractivity contribution in [2.45, 2.75) is 32.8 Å². The number of carboxylic acids is 1. The first-order valence-corrected chi connectivity index (χ1v) is 6.13. The van der Waals surface area contributed by atoms with Gasteiger partial charge in [0.25, 0.3) is 0 Å². The topological polar surface area (TPSA) is 102 Å². The summed E-state index contributed by atoms with van der Waals surface area (Å²) in [6, 6.07) is 0. The number of hydrogen-bond acceptors (Lipinski definition) is 4. The van der Waals surface area contributed by atoms with Gasteiger partial charge < -0.3 is 20.9 Å². The van der Waals surface area contributed by atoms with Crippen molar-refractivity contribution < 1.29 is 19.4 Å². The Balaban J connectivity index is 4.24. The molecule has 0 saturated carbocycles. The SMILES string of the molecule is COC(CN)C(=O)NC[C@H](CC(=O)O)CC(C)C. The predicted octanol–water partition coefficient (Wildman–Crippen LogP) is 0.213. The van der Waals surface area contributed by atoms with E-state index in [0.717, 1.165) is 6.42 Å². The molecule has 0 aromatic heterocycles. The van der Waals surface area contributed by atoms with Crippen LogP contribution < -0.4 is 11.1 Å². The Kier molecular flexibility index (Phi) is 8.32. The Hall–Kier alpha value is -1.14. The number of methoxy groups -OCH3 is 1. The lowest BCUT2D eigenvalue weighted by Crippen LogP contribution is -2.42. The van der Waals surface area contributed by atoms with Gasteiger partial charge in [0, 0.05) is 26.6 Å². The quantitative estimate of drug-likeness (QED) is 0.550. The van der Waals surface area contributed by atoms with E-state index >= 15 is 0 Å². The van der Waals surface area contributed by atoms with Crippen LogP contribution >= 0.6 is 0 Å². The van der Waals surface area contributed by atoms with Crippen molar-refractivity contribution in [2.75, 3.05) is 20.2 Å². The zero-order valence-electron chi connectivity index (χ0n) is 11.3. The molecule has 0 aliphatic carbocycles. The molecule has 0 rings (SSSR count). The van der Waals surface area contributed by atoms with E-state index < -0.39 is 12.1 Å². The van der Waals surface area contributed by atoms with Gasteiger partial charge in [-0.3, -0.25) is 9.59 Å². The molecule has 0 spiro atoms. The third-order valence-corrected chi connectivity index (χ3v) is 2.62. The molecular weight excluding hydrogens is 236 g/mol. The third-order valence-electron chi connectivity index (χ3n) is 2.62. The highest BCUT2D eigenvalue weighted by Crippen LogP contribution is 2.14. The lowest BCUT2D eigenvalue weighted by molar-refractivity contribution is -0.138. The van der Waals surface area contributed by atoms with Crippen molar-refractivity contribution in [3.05, 3.63) is 0 Å². The first-order valence-electron chi connectivity index (χ1n) is 6.13. The van der Waals surface area contributed by atoms with Gasteiger partial charge in [-0.2, -0.15) is 0 Å². The fourth-order valence-electron chi connectivity index (χ4n) is 1.82. The number of ether oxygens (including phenoxy) is 1. The van der Waals surface area contributed by atoms with Crippen LogP contribution in [0.4, 0.5) is 0 Å². The molecule has 0 radical (unpaired) electrons. The highest BCUT2D eigenvalue weighted by Gasteiger charge is 2.19. The Morgan fingerprint density at radius 2 is 2.00 bits per heavy atom. The van der Waals surface area contributed by atoms with Gasteiger partial charge in [-0.15, -0.1) is 0 Å². The molecule has 0 saturated heterocycles. The molecule has 0 heterocycles. The lowest BCUT2D eigenvalue weighted by Gasteiger charge is -2.19. The smallest absolute Gasteiger partial charge is 0.303 e. The average Bonchev–Trinajstić information content (AvgIpc) is 2.26. The number of rotatable bonds is 9.